The topological polar surface area (TPSA) is 72.3 Å². The van der Waals surface area contributed by atoms with Crippen molar-refractivity contribution < 1.29 is 9.53 Å². The van der Waals surface area contributed by atoms with Gasteiger partial charge in [0.05, 0.1) is 19.1 Å². The van der Waals surface area contributed by atoms with Crippen LogP contribution >= 0.6 is 0 Å². The zero-order chi connectivity index (χ0) is 13.9. The van der Waals surface area contributed by atoms with Crippen LogP contribution < -0.4 is 10.2 Å². The van der Waals surface area contributed by atoms with Gasteiger partial charge in [0, 0.05) is 19.6 Å². The van der Waals surface area contributed by atoms with E-state index in [9.17, 15) is 4.79 Å². The van der Waals surface area contributed by atoms with Crippen LogP contribution in [0.2, 0.25) is 0 Å². The van der Waals surface area contributed by atoms with Crippen molar-refractivity contribution in [2.24, 2.45) is 5.92 Å². The van der Waals surface area contributed by atoms with Gasteiger partial charge in [-0.15, -0.1) is 5.10 Å². The van der Waals surface area contributed by atoms with Crippen molar-refractivity contribution in [1.82, 2.24) is 14.8 Å². The lowest BCUT2D eigenvalue weighted by Crippen LogP contribution is -2.34. The first-order chi connectivity index (χ1) is 9.78. The SMILES string of the molecule is CCOC(=O)C1CNc2nc(N3CCCCC3)nn2C1. The summed E-state index contributed by atoms with van der Waals surface area (Å²) in [6, 6.07) is 0. The summed E-state index contributed by atoms with van der Waals surface area (Å²) in [4.78, 5) is 18.5. The first kappa shape index (κ1) is 13.2. The van der Waals surface area contributed by atoms with Gasteiger partial charge in [0.2, 0.25) is 11.9 Å². The van der Waals surface area contributed by atoms with Crippen molar-refractivity contribution in [3.63, 3.8) is 0 Å². The second-order valence-corrected chi connectivity index (χ2v) is 5.30. The van der Waals surface area contributed by atoms with E-state index >= 15 is 0 Å². The predicted molar refractivity (Wildman–Crippen MR) is 74.7 cm³/mol. The molecule has 0 radical (unpaired) electrons. The minimum atomic E-state index is -0.182. The second-order valence-electron chi connectivity index (χ2n) is 5.30. The van der Waals surface area contributed by atoms with Crippen molar-refractivity contribution in [2.45, 2.75) is 32.7 Å². The Hall–Kier alpha value is -1.79. The molecule has 1 fully saturated rings. The normalized spacial score (nSPS) is 22.1. The maximum atomic E-state index is 11.8. The molecule has 3 rings (SSSR count). The molecule has 1 atom stereocenters. The molecule has 0 saturated carbocycles. The van der Waals surface area contributed by atoms with E-state index in [1.807, 2.05) is 6.92 Å². The quantitative estimate of drug-likeness (QED) is 0.828. The van der Waals surface area contributed by atoms with Crippen LogP contribution in [0.1, 0.15) is 26.2 Å². The first-order valence-electron chi connectivity index (χ1n) is 7.38. The molecule has 110 valence electrons. The highest BCUT2D eigenvalue weighted by Gasteiger charge is 2.28. The van der Waals surface area contributed by atoms with Crippen molar-refractivity contribution in [1.29, 1.82) is 0 Å². The Morgan fingerprint density at radius 2 is 2.20 bits per heavy atom. The number of fused-ring (bicyclic) bond motifs is 1. The number of hydrogen-bond acceptors (Lipinski definition) is 6. The summed E-state index contributed by atoms with van der Waals surface area (Å²) in [6.07, 6.45) is 3.68. The predicted octanol–water partition coefficient (Wildman–Crippen LogP) is 0.873. The molecule has 2 aliphatic rings. The van der Waals surface area contributed by atoms with Gasteiger partial charge in [-0.25, -0.2) is 4.68 Å². The molecule has 1 aromatic heterocycles. The van der Waals surface area contributed by atoms with Gasteiger partial charge in [0.15, 0.2) is 0 Å². The Labute approximate surface area is 118 Å². The minimum Gasteiger partial charge on any atom is -0.466 e. The Morgan fingerprint density at radius 1 is 1.40 bits per heavy atom. The van der Waals surface area contributed by atoms with Crippen LogP contribution in [0.25, 0.3) is 0 Å². The fraction of sp³-hybridized carbons (Fsp3) is 0.769. The van der Waals surface area contributed by atoms with Crippen molar-refractivity contribution in [3.05, 3.63) is 0 Å². The van der Waals surface area contributed by atoms with E-state index in [4.69, 9.17) is 4.74 Å². The van der Waals surface area contributed by atoms with Gasteiger partial charge < -0.3 is 15.0 Å². The van der Waals surface area contributed by atoms with Gasteiger partial charge in [-0.1, -0.05) is 0 Å². The highest BCUT2D eigenvalue weighted by atomic mass is 16.5. The Balaban J connectivity index is 1.70. The lowest BCUT2D eigenvalue weighted by molar-refractivity contribution is -0.148. The fourth-order valence-electron chi connectivity index (χ4n) is 2.72. The molecule has 0 aromatic carbocycles. The number of ether oxygens (including phenoxy) is 1. The number of carbonyl (C=O) groups is 1. The Morgan fingerprint density at radius 3 is 2.95 bits per heavy atom. The number of esters is 1. The van der Waals surface area contributed by atoms with Crippen LogP contribution in [-0.4, -0.2) is 47.0 Å². The average Bonchev–Trinajstić information content (AvgIpc) is 2.91. The first-order valence-corrected chi connectivity index (χ1v) is 7.38. The summed E-state index contributed by atoms with van der Waals surface area (Å²) in [5.74, 6) is 1.18. The van der Waals surface area contributed by atoms with Gasteiger partial charge in [0.25, 0.3) is 0 Å². The molecule has 3 heterocycles. The van der Waals surface area contributed by atoms with Crippen LogP contribution in [-0.2, 0) is 16.1 Å². The average molecular weight is 279 g/mol. The monoisotopic (exact) mass is 279 g/mol. The molecule has 7 nitrogen and oxygen atoms in total. The maximum absolute atomic E-state index is 11.8. The summed E-state index contributed by atoms with van der Waals surface area (Å²) < 4.78 is 6.86. The molecule has 1 N–H and O–H groups in total. The Kier molecular flexibility index (Phi) is 3.75. The number of aromatic nitrogens is 3. The number of nitrogens with one attached hydrogen (secondary N) is 1. The van der Waals surface area contributed by atoms with Crippen LogP contribution in [0.15, 0.2) is 0 Å². The molecule has 1 unspecified atom stereocenters. The van der Waals surface area contributed by atoms with Crippen LogP contribution in [0, 0.1) is 5.92 Å². The standard InChI is InChI=1S/C13H21N5O2/c1-2-20-11(19)10-8-14-12-15-13(16-18(12)9-10)17-6-4-3-5-7-17/h10H,2-9H2,1H3,(H,14,15,16). The largest absolute Gasteiger partial charge is 0.466 e. The lowest BCUT2D eigenvalue weighted by atomic mass is 10.1. The number of hydrogen-bond donors (Lipinski definition) is 1. The van der Waals surface area contributed by atoms with Crippen molar-refractivity contribution >= 4 is 17.9 Å². The van der Waals surface area contributed by atoms with Crippen LogP contribution in [0.4, 0.5) is 11.9 Å². The second kappa shape index (κ2) is 5.68. The molecule has 20 heavy (non-hydrogen) atoms. The summed E-state index contributed by atoms with van der Waals surface area (Å²) in [7, 11) is 0. The number of nitrogens with zero attached hydrogens (tertiary/aromatic N) is 4. The number of carbonyl (C=O) groups excluding carboxylic acids is 1. The summed E-state index contributed by atoms with van der Waals surface area (Å²) in [5.41, 5.74) is 0. The number of rotatable bonds is 3. The van der Waals surface area contributed by atoms with Gasteiger partial charge >= 0.3 is 5.97 Å². The van der Waals surface area contributed by atoms with E-state index in [1.165, 1.54) is 19.3 Å². The molecule has 0 amide bonds. The van der Waals surface area contributed by atoms with Gasteiger partial charge in [0.1, 0.15) is 0 Å². The van der Waals surface area contributed by atoms with E-state index in [0.717, 1.165) is 25.0 Å². The molecule has 7 heteroatoms. The molecule has 0 bridgehead atoms. The molecule has 0 aliphatic carbocycles. The molecular weight excluding hydrogens is 258 g/mol. The third-order valence-electron chi connectivity index (χ3n) is 3.82. The van der Waals surface area contributed by atoms with E-state index in [2.05, 4.69) is 20.3 Å². The van der Waals surface area contributed by atoms with Crippen LogP contribution in [0.3, 0.4) is 0 Å². The van der Waals surface area contributed by atoms with E-state index in [0.29, 0.717) is 19.7 Å². The zero-order valence-corrected chi connectivity index (χ0v) is 11.8. The Bertz CT molecular complexity index is 481. The van der Waals surface area contributed by atoms with Crippen molar-refractivity contribution in [3.8, 4) is 0 Å². The van der Waals surface area contributed by atoms with E-state index in [1.54, 1.807) is 4.68 Å². The summed E-state index contributed by atoms with van der Waals surface area (Å²) in [6.45, 7) is 5.39. The highest BCUT2D eigenvalue weighted by molar-refractivity contribution is 5.73. The number of piperidine rings is 1. The molecule has 1 aromatic rings. The smallest absolute Gasteiger partial charge is 0.312 e. The van der Waals surface area contributed by atoms with E-state index < -0.39 is 0 Å². The van der Waals surface area contributed by atoms with Gasteiger partial charge in [-0.2, -0.15) is 4.98 Å². The minimum absolute atomic E-state index is 0.166. The molecule has 2 aliphatic heterocycles. The third-order valence-corrected chi connectivity index (χ3v) is 3.82. The van der Waals surface area contributed by atoms with Gasteiger partial charge in [-0.3, -0.25) is 4.79 Å². The summed E-state index contributed by atoms with van der Waals surface area (Å²) >= 11 is 0. The van der Waals surface area contributed by atoms with Gasteiger partial charge in [-0.05, 0) is 26.2 Å². The highest BCUT2D eigenvalue weighted by Crippen LogP contribution is 2.22. The van der Waals surface area contributed by atoms with Crippen molar-refractivity contribution in [2.75, 3.05) is 36.5 Å². The molecule has 0 spiro atoms. The fourth-order valence-corrected chi connectivity index (χ4v) is 2.72. The van der Waals surface area contributed by atoms with E-state index in [-0.39, 0.29) is 11.9 Å². The van der Waals surface area contributed by atoms with Crippen LogP contribution in [0.5, 0.6) is 0 Å². The molecule has 1 saturated heterocycles. The zero-order valence-electron chi connectivity index (χ0n) is 11.8. The third kappa shape index (κ3) is 2.57. The molecular formula is C13H21N5O2. The number of anilines is 2. The maximum Gasteiger partial charge on any atom is 0.312 e. The lowest BCUT2D eigenvalue weighted by Gasteiger charge is -2.24. The summed E-state index contributed by atoms with van der Waals surface area (Å²) in [5, 5.41) is 7.70.